The van der Waals surface area contributed by atoms with Crippen LogP contribution in [-0.2, 0) is 6.61 Å². The molecule has 1 heterocycles. The Hall–Kier alpha value is -1.49. The van der Waals surface area contributed by atoms with Crippen molar-refractivity contribution >= 4 is 21.6 Å². The Labute approximate surface area is 95.6 Å². The van der Waals surface area contributed by atoms with Crippen LogP contribution in [0.3, 0.4) is 0 Å². The van der Waals surface area contributed by atoms with Crippen LogP contribution >= 0.6 is 15.9 Å². The number of nitrogens with two attached hydrogens (primary N) is 1. The smallest absolute Gasteiger partial charge is 0.134 e. The summed E-state index contributed by atoms with van der Waals surface area (Å²) < 4.78 is 6.48. The maximum absolute atomic E-state index is 5.66. The van der Waals surface area contributed by atoms with Crippen molar-refractivity contribution in [2.45, 2.75) is 6.61 Å². The van der Waals surface area contributed by atoms with Gasteiger partial charge in [0.05, 0.1) is 22.1 Å². The number of aromatic amines is 1. The molecule has 3 N–H and O–H groups in total. The maximum Gasteiger partial charge on any atom is 0.134 e. The second kappa shape index (κ2) is 4.35. The van der Waals surface area contributed by atoms with Crippen LogP contribution in [0.2, 0.25) is 0 Å². The van der Waals surface area contributed by atoms with Gasteiger partial charge < -0.3 is 10.5 Å². The number of anilines is 1. The van der Waals surface area contributed by atoms with Crippen molar-refractivity contribution in [2.75, 3.05) is 5.73 Å². The van der Waals surface area contributed by atoms with Crippen molar-refractivity contribution in [3.8, 4) is 5.75 Å². The van der Waals surface area contributed by atoms with E-state index in [2.05, 4.69) is 26.1 Å². The first-order valence-corrected chi connectivity index (χ1v) is 5.21. The molecule has 5 heteroatoms. The van der Waals surface area contributed by atoms with Gasteiger partial charge in [0.2, 0.25) is 0 Å². The molecule has 4 nitrogen and oxygen atoms in total. The molecule has 1 aromatic heterocycles. The molecule has 0 radical (unpaired) electrons. The van der Waals surface area contributed by atoms with Gasteiger partial charge in [0.25, 0.3) is 0 Å². The van der Waals surface area contributed by atoms with Crippen LogP contribution in [0.4, 0.5) is 5.69 Å². The van der Waals surface area contributed by atoms with Gasteiger partial charge in [-0.05, 0) is 28.1 Å². The van der Waals surface area contributed by atoms with E-state index in [9.17, 15) is 0 Å². The third-order valence-electron chi connectivity index (χ3n) is 1.96. The third kappa shape index (κ3) is 2.30. The summed E-state index contributed by atoms with van der Waals surface area (Å²) in [5.74, 6) is 0.784. The fourth-order valence-corrected chi connectivity index (χ4v) is 1.55. The minimum atomic E-state index is 0.383. The lowest BCUT2D eigenvalue weighted by Crippen LogP contribution is -1.99. The summed E-state index contributed by atoms with van der Waals surface area (Å²) in [6, 6.07) is 7.65. The van der Waals surface area contributed by atoms with Gasteiger partial charge in [-0.2, -0.15) is 5.10 Å². The first-order chi connectivity index (χ1) is 7.27. The average molecular weight is 268 g/mol. The van der Waals surface area contributed by atoms with Crippen molar-refractivity contribution in [1.82, 2.24) is 10.2 Å². The Morgan fingerprint density at radius 3 is 2.87 bits per heavy atom. The Morgan fingerprint density at radius 1 is 1.40 bits per heavy atom. The summed E-state index contributed by atoms with van der Waals surface area (Å²) in [6.07, 6.45) is 1.57. The average Bonchev–Trinajstić information content (AvgIpc) is 2.63. The SMILES string of the molecule is Nc1cn[nH]c1COc1ccccc1Br. The molecule has 0 bridgehead atoms. The minimum Gasteiger partial charge on any atom is -0.486 e. The van der Waals surface area contributed by atoms with Crippen molar-refractivity contribution in [2.24, 2.45) is 0 Å². The Morgan fingerprint density at radius 2 is 2.20 bits per heavy atom. The highest BCUT2D eigenvalue weighted by Gasteiger charge is 2.03. The number of ether oxygens (including phenoxy) is 1. The van der Waals surface area contributed by atoms with Gasteiger partial charge in [0.1, 0.15) is 12.4 Å². The van der Waals surface area contributed by atoms with Gasteiger partial charge in [-0.15, -0.1) is 0 Å². The molecule has 15 heavy (non-hydrogen) atoms. The normalized spacial score (nSPS) is 10.2. The Kier molecular flexibility index (Phi) is 2.91. The molecule has 0 aliphatic heterocycles. The van der Waals surface area contributed by atoms with E-state index in [4.69, 9.17) is 10.5 Å². The lowest BCUT2D eigenvalue weighted by atomic mass is 10.3. The molecule has 0 aliphatic rings. The van der Waals surface area contributed by atoms with Gasteiger partial charge in [-0.1, -0.05) is 12.1 Å². The molecule has 1 aromatic carbocycles. The summed E-state index contributed by atoms with van der Waals surface area (Å²) in [6.45, 7) is 0.383. The second-order valence-electron chi connectivity index (χ2n) is 3.02. The number of nitrogen functional groups attached to an aromatic ring is 1. The Bertz CT molecular complexity index is 455. The van der Waals surface area contributed by atoms with Gasteiger partial charge in [-0.3, -0.25) is 5.10 Å². The monoisotopic (exact) mass is 267 g/mol. The molecule has 0 spiro atoms. The number of aromatic nitrogens is 2. The van der Waals surface area contributed by atoms with Gasteiger partial charge in [-0.25, -0.2) is 0 Å². The summed E-state index contributed by atoms with van der Waals surface area (Å²) in [4.78, 5) is 0. The highest BCUT2D eigenvalue weighted by Crippen LogP contribution is 2.24. The predicted octanol–water partition coefficient (Wildman–Crippen LogP) is 2.33. The molecule has 0 unspecified atom stereocenters. The number of benzene rings is 1. The van der Waals surface area contributed by atoms with Crippen LogP contribution < -0.4 is 10.5 Å². The van der Waals surface area contributed by atoms with E-state index in [-0.39, 0.29) is 0 Å². The fourth-order valence-electron chi connectivity index (χ4n) is 1.15. The molecule has 2 rings (SSSR count). The number of halogens is 1. The van der Waals surface area contributed by atoms with Gasteiger partial charge >= 0.3 is 0 Å². The third-order valence-corrected chi connectivity index (χ3v) is 2.62. The van der Waals surface area contributed by atoms with Crippen LogP contribution in [0.1, 0.15) is 5.69 Å². The molecule has 78 valence electrons. The molecule has 2 aromatic rings. The van der Waals surface area contributed by atoms with E-state index >= 15 is 0 Å². The molecule has 0 aliphatic carbocycles. The zero-order valence-corrected chi connectivity index (χ0v) is 9.49. The quantitative estimate of drug-likeness (QED) is 0.897. The predicted molar refractivity (Wildman–Crippen MR) is 61.5 cm³/mol. The van der Waals surface area contributed by atoms with Crippen molar-refractivity contribution in [3.63, 3.8) is 0 Å². The fraction of sp³-hybridized carbons (Fsp3) is 0.100. The highest BCUT2D eigenvalue weighted by atomic mass is 79.9. The zero-order valence-electron chi connectivity index (χ0n) is 7.90. The number of rotatable bonds is 3. The number of para-hydroxylation sites is 1. The first kappa shape index (κ1) is 10.0. The number of hydrogen-bond donors (Lipinski definition) is 2. The van der Waals surface area contributed by atoms with Crippen LogP contribution in [-0.4, -0.2) is 10.2 Å². The molecular weight excluding hydrogens is 258 g/mol. The molecule has 0 saturated carbocycles. The standard InChI is InChI=1S/C10H10BrN3O/c11-7-3-1-2-4-10(7)15-6-9-8(12)5-13-14-9/h1-5H,6,12H2,(H,13,14). The van der Waals surface area contributed by atoms with Crippen molar-refractivity contribution < 1.29 is 4.74 Å². The van der Waals surface area contributed by atoms with E-state index in [1.807, 2.05) is 24.3 Å². The van der Waals surface area contributed by atoms with E-state index in [1.165, 1.54) is 0 Å². The first-order valence-electron chi connectivity index (χ1n) is 4.42. The number of nitrogens with zero attached hydrogens (tertiary/aromatic N) is 1. The van der Waals surface area contributed by atoms with Gasteiger partial charge in [0.15, 0.2) is 0 Å². The zero-order chi connectivity index (χ0) is 10.7. The summed E-state index contributed by atoms with van der Waals surface area (Å²) in [5, 5.41) is 6.59. The number of H-pyrrole nitrogens is 1. The Balaban J connectivity index is 2.06. The van der Waals surface area contributed by atoms with Crippen LogP contribution in [0.25, 0.3) is 0 Å². The molecular formula is C10H10BrN3O. The second-order valence-corrected chi connectivity index (χ2v) is 3.88. The molecule has 0 saturated heterocycles. The van der Waals surface area contributed by atoms with Crippen LogP contribution in [0.5, 0.6) is 5.75 Å². The van der Waals surface area contributed by atoms with E-state index in [0.29, 0.717) is 12.3 Å². The van der Waals surface area contributed by atoms with Crippen molar-refractivity contribution in [1.29, 1.82) is 0 Å². The minimum absolute atomic E-state index is 0.383. The van der Waals surface area contributed by atoms with E-state index in [0.717, 1.165) is 15.9 Å². The summed E-state index contributed by atoms with van der Waals surface area (Å²) in [7, 11) is 0. The highest BCUT2D eigenvalue weighted by molar-refractivity contribution is 9.10. The van der Waals surface area contributed by atoms with Gasteiger partial charge in [0, 0.05) is 0 Å². The molecule has 0 amide bonds. The van der Waals surface area contributed by atoms with E-state index < -0.39 is 0 Å². The lowest BCUT2D eigenvalue weighted by Gasteiger charge is -2.06. The lowest BCUT2D eigenvalue weighted by molar-refractivity contribution is 0.300. The van der Waals surface area contributed by atoms with Crippen LogP contribution in [0.15, 0.2) is 34.9 Å². The number of nitrogens with one attached hydrogen (secondary N) is 1. The number of hydrogen-bond acceptors (Lipinski definition) is 3. The van der Waals surface area contributed by atoms with Crippen molar-refractivity contribution in [3.05, 3.63) is 40.6 Å². The molecule has 0 atom stereocenters. The summed E-state index contributed by atoms with van der Waals surface area (Å²) >= 11 is 3.40. The van der Waals surface area contributed by atoms with E-state index in [1.54, 1.807) is 6.20 Å². The topological polar surface area (TPSA) is 63.9 Å². The summed E-state index contributed by atoms with van der Waals surface area (Å²) in [5.41, 5.74) is 7.05. The molecule has 0 fully saturated rings. The van der Waals surface area contributed by atoms with Crippen LogP contribution in [0, 0.1) is 0 Å². The maximum atomic E-state index is 5.66. The largest absolute Gasteiger partial charge is 0.486 e.